The van der Waals surface area contributed by atoms with Gasteiger partial charge in [-0.2, -0.15) is 0 Å². The van der Waals surface area contributed by atoms with E-state index in [1.165, 1.54) is 92.7 Å². The Morgan fingerprint density at radius 1 is 0.452 bits per heavy atom. The van der Waals surface area contributed by atoms with Gasteiger partial charge in [0.1, 0.15) is 24.0 Å². The monoisotopic (exact) mass is 942 g/mol. The van der Waals surface area contributed by atoms with Gasteiger partial charge in [-0.3, -0.25) is 4.57 Å². The summed E-state index contributed by atoms with van der Waals surface area (Å²) < 4.78 is 9.34. The van der Waals surface area contributed by atoms with Crippen LogP contribution in [0, 0.1) is 23.7 Å². The number of benzene rings is 9. The molecule has 73 heavy (non-hydrogen) atoms. The van der Waals surface area contributed by atoms with E-state index in [2.05, 4.69) is 245 Å². The van der Waals surface area contributed by atoms with Crippen LogP contribution in [0.25, 0.3) is 60.6 Å². The Morgan fingerprint density at radius 2 is 1.05 bits per heavy atom. The van der Waals surface area contributed by atoms with E-state index in [0.717, 1.165) is 57.2 Å². The SMILES string of the molecule is c1ccc(-c2cccc(-c3ccccc3)c2N2CN(c3cccc(Oc4ccc5c6ccccc6n(-c6cc(C7(c8cccc9ccccc89)C8CC9CC(C8)CC7C9)ccn6)c5c4)c3)c3ccccc32)cc1. The number of aromatic nitrogens is 2. The van der Waals surface area contributed by atoms with E-state index >= 15 is 0 Å². The Kier molecular flexibility index (Phi) is 9.76. The molecule has 352 valence electrons. The van der Waals surface area contributed by atoms with Crippen LogP contribution in [0.15, 0.2) is 231 Å². The van der Waals surface area contributed by atoms with Gasteiger partial charge in [-0.25, -0.2) is 4.98 Å². The van der Waals surface area contributed by atoms with Crippen LogP contribution in [0.3, 0.4) is 0 Å². The minimum Gasteiger partial charge on any atom is -0.457 e. The molecule has 4 saturated carbocycles. The summed E-state index contributed by atoms with van der Waals surface area (Å²) in [5, 5.41) is 5.12. The van der Waals surface area contributed by atoms with E-state index < -0.39 is 0 Å². The number of hydrogen-bond donors (Lipinski definition) is 0. The highest BCUT2D eigenvalue weighted by Crippen LogP contribution is 2.66. The van der Waals surface area contributed by atoms with Crippen molar-refractivity contribution in [3.8, 4) is 39.6 Å². The van der Waals surface area contributed by atoms with E-state index in [9.17, 15) is 0 Å². The molecule has 5 heteroatoms. The lowest BCUT2D eigenvalue weighted by molar-refractivity contribution is -0.0412. The topological polar surface area (TPSA) is 33.5 Å². The first-order valence-electron chi connectivity index (χ1n) is 26.3. The Hall–Kier alpha value is -8.41. The quantitative estimate of drug-likeness (QED) is 0.144. The van der Waals surface area contributed by atoms with Crippen molar-refractivity contribution in [2.75, 3.05) is 16.5 Å². The van der Waals surface area contributed by atoms with Gasteiger partial charge in [-0.1, -0.05) is 158 Å². The van der Waals surface area contributed by atoms with Gasteiger partial charge < -0.3 is 14.5 Å². The van der Waals surface area contributed by atoms with E-state index in [1.54, 1.807) is 0 Å². The number of nitrogens with zero attached hydrogens (tertiary/aromatic N) is 4. The molecular weight excluding hydrogens is 889 g/mol. The van der Waals surface area contributed by atoms with Crippen LogP contribution < -0.4 is 14.5 Å². The van der Waals surface area contributed by atoms with Crippen LogP contribution in [0.2, 0.25) is 0 Å². The number of fused-ring (bicyclic) bond motifs is 5. The highest BCUT2D eigenvalue weighted by atomic mass is 16.5. The van der Waals surface area contributed by atoms with Crippen LogP contribution in [0.1, 0.15) is 43.2 Å². The molecule has 9 aromatic carbocycles. The van der Waals surface area contributed by atoms with Crippen molar-refractivity contribution in [2.45, 2.75) is 37.5 Å². The van der Waals surface area contributed by atoms with E-state index in [1.807, 2.05) is 0 Å². The zero-order valence-electron chi connectivity index (χ0n) is 40.7. The smallest absolute Gasteiger partial charge is 0.137 e. The lowest BCUT2D eigenvalue weighted by Gasteiger charge is -2.62. The fourth-order valence-electron chi connectivity index (χ4n) is 14.7. The third-order valence-electron chi connectivity index (χ3n) is 17.3. The van der Waals surface area contributed by atoms with E-state index in [-0.39, 0.29) is 5.41 Å². The second-order valence-electron chi connectivity index (χ2n) is 21.2. The molecule has 4 bridgehead atoms. The van der Waals surface area contributed by atoms with Crippen LogP contribution >= 0.6 is 0 Å². The largest absolute Gasteiger partial charge is 0.457 e. The second kappa shape index (κ2) is 16.9. The van der Waals surface area contributed by atoms with Gasteiger partial charge in [0.2, 0.25) is 0 Å². The zero-order chi connectivity index (χ0) is 48.0. The van der Waals surface area contributed by atoms with E-state index in [0.29, 0.717) is 18.5 Å². The summed E-state index contributed by atoms with van der Waals surface area (Å²) in [5.41, 5.74) is 14.4. The van der Waals surface area contributed by atoms with Crippen molar-refractivity contribution >= 4 is 55.3 Å². The number of hydrogen-bond acceptors (Lipinski definition) is 4. The average molecular weight is 943 g/mol. The number of anilines is 4. The Balaban J connectivity index is 0.810. The minimum absolute atomic E-state index is 0.0770. The summed E-state index contributed by atoms with van der Waals surface area (Å²) in [6, 6.07) is 81.9. The fraction of sp³-hybridized carbons (Fsp3) is 0.162. The van der Waals surface area contributed by atoms with Crippen molar-refractivity contribution in [1.29, 1.82) is 0 Å². The fourth-order valence-corrected chi connectivity index (χ4v) is 14.7. The predicted octanol–water partition coefficient (Wildman–Crippen LogP) is 17.4. The van der Waals surface area contributed by atoms with Gasteiger partial charge in [-0.05, 0) is 143 Å². The van der Waals surface area contributed by atoms with Crippen molar-refractivity contribution in [1.82, 2.24) is 9.55 Å². The number of para-hydroxylation sites is 4. The second-order valence-corrected chi connectivity index (χ2v) is 21.2. The standard InChI is InChI=1S/C68H54N4O/c1-3-16-48(17-4-1)57-26-15-27-58(49-18-5-2-6-19-49)67(57)71-44-70(63-30-11-12-31-64(63)71)53-22-14-23-54(42-53)73-55-32-33-60-59-25-9-10-29-62(59)72(65(60)43-55)66-41-50(34-35-69-66)68(51-37-45-36-46(39-51)40-52(68)38-45)61-28-13-21-47-20-7-8-24-56(47)61/h1-35,41-43,45-46,51-52H,36-40,44H2. The molecular formula is C68H54N4O. The van der Waals surface area contributed by atoms with Crippen LogP contribution in [0.4, 0.5) is 22.7 Å². The van der Waals surface area contributed by atoms with Crippen molar-refractivity contribution in [2.24, 2.45) is 23.7 Å². The molecule has 4 fully saturated rings. The van der Waals surface area contributed by atoms with Crippen molar-refractivity contribution in [3.05, 3.63) is 242 Å². The lowest BCUT2D eigenvalue weighted by Crippen LogP contribution is -2.56. The van der Waals surface area contributed by atoms with Gasteiger partial charge in [-0.15, -0.1) is 0 Å². The molecule has 5 nitrogen and oxygen atoms in total. The predicted molar refractivity (Wildman–Crippen MR) is 300 cm³/mol. The zero-order valence-corrected chi connectivity index (χ0v) is 40.7. The van der Waals surface area contributed by atoms with Gasteiger partial charge in [0, 0.05) is 51.3 Å². The first-order chi connectivity index (χ1) is 36.2. The molecule has 16 rings (SSSR count). The Labute approximate surface area is 426 Å². The number of pyridine rings is 1. The minimum atomic E-state index is -0.0770. The van der Waals surface area contributed by atoms with Gasteiger partial charge in [0.25, 0.3) is 0 Å². The van der Waals surface area contributed by atoms with Crippen molar-refractivity contribution in [3.63, 3.8) is 0 Å². The first kappa shape index (κ1) is 42.3. The first-order valence-corrected chi connectivity index (χ1v) is 26.3. The molecule has 1 aliphatic heterocycles. The van der Waals surface area contributed by atoms with Crippen molar-refractivity contribution < 1.29 is 4.74 Å². The summed E-state index contributed by atoms with van der Waals surface area (Å²) in [4.78, 5) is 10.1. The lowest BCUT2D eigenvalue weighted by atomic mass is 9.42. The molecule has 0 N–H and O–H groups in total. The van der Waals surface area contributed by atoms with Crippen LogP contribution in [-0.4, -0.2) is 16.2 Å². The van der Waals surface area contributed by atoms with Gasteiger partial charge in [0.05, 0.1) is 28.1 Å². The van der Waals surface area contributed by atoms with Gasteiger partial charge in [0.15, 0.2) is 0 Å². The molecule has 0 amide bonds. The highest BCUT2D eigenvalue weighted by Gasteiger charge is 2.59. The normalized spacial score (nSPS) is 20.8. The molecule has 11 aromatic rings. The molecule has 0 saturated heterocycles. The maximum atomic E-state index is 6.95. The highest BCUT2D eigenvalue weighted by molar-refractivity contribution is 6.09. The summed E-state index contributed by atoms with van der Waals surface area (Å²) in [6.45, 7) is 0.634. The summed E-state index contributed by atoms with van der Waals surface area (Å²) in [5.74, 6) is 5.42. The van der Waals surface area contributed by atoms with Crippen LogP contribution in [-0.2, 0) is 5.41 Å². The molecule has 0 spiro atoms. The maximum absolute atomic E-state index is 6.95. The Bertz CT molecular complexity index is 3820. The van der Waals surface area contributed by atoms with Gasteiger partial charge >= 0.3 is 0 Å². The molecule has 0 unspecified atom stereocenters. The number of ether oxygens (including phenoxy) is 1. The molecule has 0 radical (unpaired) electrons. The molecule has 2 aromatic heterocycles. The third-order valence-corrected chi connectivity index (χ3v) is 17.3. The molecule has 3 heterocycles. The molecule has 5 aliphatic rings. The summed E-state index contributed by atoms with van der Waals surface area (Å²) in [6.07, 6.45) is 8.75. The third kappa shape index (κ3) is 6.71. The summed E-state index contributed by atoms with van der Waals surface area (Å²) >= 11 is 0. The Morgan fingerprint density at radius 3 is 1.81 bits per heavy atom. The van der Waals surface area contributed by atoms with Crippen LogP contribution in [0.5, 0.6) is 11.5 Å². The molecule has 4 aliphatic carbocycles. The number of rotatable bonds is 9. The summed E-state index contributed by atoms with van der Waals surface area (Å²) in [7, 11) is 0. The average Bonchev–Trinajstić information content (AvgIpc) is 3.99. The van der Waals surface area contributed by atoms with E-state index in [4.69, 9.17) is 9.72 Å². The molecule has 0 atom stereocenters. The maximum Gasteiger partial charge on any atom is 0.137 e.